The van der Waals surface area contributed by atoms with Gasteiger partial charge in [-0.1, -0.05) is 0 Å². The Labute approximate surface area is 75.2 Å². The van der Waals surface area contributed by atoms with Crippen molar-refractivity contribution in [3.63, 3.8) is 0 Å². The van der Waals surface area contributed by atoms with Crippen LogP contribution in [0, 0.1) is 11.8 Å². The molecule has 12 heavy (non-hydrogen) atoms. The van der Waals surface area contributed by atoms with Gasteiger partial charge in [0.25, 0.3) is 0 Å². The number of nitrogens with zero attached hydrogens (tertiary/aromatic N) is 1. The van der Waals surface area contributed by atoms with Crippen molar-refractivity contribution in [3.05, 3.63) is 11.6 Å². The van der Waals surface area contributed by atoms with Crippen LogP contribution in [0.1, 0.15) is 0 Å². The molecule has 3 rings (SSSR count). The molecule has 2 unspecified atom stereocenters. The lowest BCUT2D eigenvalue weighted by Gasteiger charge is -2.04. The summed E-state index contributed by atoms with van der Waals surface area (Å²) in [4.78, 5) is 4.21. The molecule has 64 valence electrons. The van der Waals surface area contributed by atoms with Gasteiger partial charge in [0.15, 0.2) is 5.13 Å². The molecule has 0 amide bonds. The molecular weight excluding hydrogens is 170 g/mol. The van der Waals surface area contributed by atoms with Crippen LogP contribution in [0.25, 0.3) is 0 Å². The van der Waals surface area contributed by atoms with Crippen molar-refractivity contribution >= 4 is 16.5 Å². The first-order chi connectivity index (χ1) is 5.95. The van der Waals surface area contributed by atoms with Crippen LogP contribution in [-0.4, -0.2) is 24.1 Å². The third-order valence-electron chi connectivity index (χ3n) is 2.81. The van der Waals surface area contributed by atoms with Crippen LogP contribution in [0.2, 0.25) is 0 Å². The van der Waals surface area contributed by atoms with E-state index in [2.05, 4.69) is 15.6 Å². The van der Waals surface area contributed by atoms with Gasteiger partial charge in [-0.15, -0.1) is 11.3 Å². The molecule has 1 aliphatic carbocycles. The van der Waals surface area contributed by atoms with Crippen molar-refractivity contribution in [2.75, 3.05) is 18.4 Å². The molecule has 2 heterocycles. The highest BCUT2D eigenvalue weighted by Gasteiger charge is 2.53. The molecule has 2 atom stereocenters. The predicted octanol–water partition coefficient (Wildman–Crippen LogP) is 0.773. The number of piperidine rings is 1. The summed E-state index contributed by atoms with van der Waals surface area (Å²) in [7, 11) is 0. The van der Waals surface area contributed by atoms with Gasteiger partial charge < -0.3 is 10.6 Å². The van der Waals surface area contributed by atoms with Gasteiger partial charge in [0.1, 0.15) is 0 Å². The van der Waals surface area contributed by atoms with Crippen LogP contribution >= 0.6 is 11.3 Å². The van der Waals surface area contributed by atoms with E-state index in [-0.39, 0.29) is 0 Å². The van der Waals surface area contributed by atoms with Crippen molar-refractivity contribution in [3.8, 4) is 0 Å². The molecule has 1 aliphatic heterocycles. The van der Waals surface area contributed by atoms with Crippen LogP contribution in [0.15, 0.2) is 11.6 Å². The zero-order chi connectivity index (χ0) is 7.97. The summed E-state index contributed by atoms with van der Waals surface area (Å²) in [6.45, 7) is 2.38. The number of anilines is 1. The maximum atomic E-state index is 4.21. The predicted molar refractivity (Wildman–Crippen MR) is 49.4 cm³/mol. The average Bonchev–Trinajstić information content (AvgIpc) is 2.59. The number of fused-ring (bicyclic) bond motifs is 1. The second-order valence-electron chi connectivity index (χ2n) is 3.49. The number of thiazole rings is 1. The molecular formula is C8H11N3S. The van der Waals surface area contributed by atoms with Gasteiger partial charge >= 0.3 is 0 Å². The van der Waals surface area contributed by atoms with Gasteiger partial charge in [-0.25, -0.2) is 4.98 Å². The minimum Gasteiger partial charge on any atom is -0.358 e. The maximum Gasteiger partial charge on any atom is 0.182 e. The van der Waals surface area contributed by atoms with Crippen molar-refractivity contribution in [1.82, 2.24) is 10.3 Å². The van der Waals surface area contributed by atoms with Crippen LogP contribution < -0.4 is 10.6 Å². The van der Waals surface area contributed by atoms with E-state index in [0.717, 1.165) is 17.0 Å². The minimum absolute atomic E-state index is 0.706. The van der Waals surface area contributed by atoms with Crippen LogP contribution in [0.5, 0.6) is 0 Å². The molecule has 3 nitrogen and oxygen atoms in total. The first kappa shape index (κ1) is 6.86. The highest BCUT2D eigenvalue weighted by Crippen LogP contribution is 2.43. The molecule has 2 N–H and O–H groups in total. The van der Waals surface area contributed by atoms with Crippen molar-refractivity contribution in [1.29, 1.82) is 0 Å². The number of hydrogen-bond acceptors (Lipinski definition) is 4. The second kappa shape index (κ2) is 2.44. The van der Waals surface area contributed by atoms with Gasteiger partial charge in [0, 0.05) is 30.7 Å². The molecule has 0 radical (unpaired) electrons. The third kappa shape index (κ3) is 0.949. The normalized spacial score (nSPS) is 37.8. The second-order valence-corrected chi connectivity index (χ2v) is 4.39. The number of aromatic nitrogens is 1. The van der Waals surface area contributed by atoms with E-state index in [1.165, 1.54) is 13.1 Å². The quantitative estimate of drug-likeness (QED) is 0.707. The Morgan fingerprint density at radius 3 is 3.00 bits per heavy atom. The summed E-state index contributed by atoms with van der Waals surface area (Å²) in [5.74, 6) is 1.74. The van der Waals surface area contributed by atoms with E-state index in [1.54, 1.807) is 11.3 Å². The molecule has 4 heteroatoms. The molecule has 0 bridgehead atoms. The fourth-order valence-corrected chi connectivity index (χ4v) is 2.65. The van der Waals surface area contributed by atoms with Crippen LogP contribution in [-0.2, 0) is 0 Å². The SMILES string of the molecule is c1csc(NC2C3CNCC32)n1. The van der Waals surface area contributed by atoms with E-state index in [1.807, 2.05) is 11.6 Å². The van der Waals surface area contributed by atoms with Crippen LogP contribution in [0.4, 0.5) is 5.13 Å². The highest BCUT2D eigenvalue weighted by molar-refractivity contribution is 7.13. The topological polar surface area (TPSA) is 37.0 Å². The summed E-state index contributed by atoms with van der Waals surface area (Å²) in [6.07, 6.45) is 1.85. The molecule has 0 spiro atoms. The van der Waals surface area contributed by atoms with E-state index in [9.17, 15) is 0 Å². The fourth-order valence-electron chi connectivity index (χ4n) is 2.07. The Kier molecular flexibility index (Phi) is 1.39. The van der Waals surface area contributed by atoms with E-state index >= 15 is 0 Å². The Hall–Kier alpha value is -0.610. The standard InChI is InChI=1S/C8H11N3S/c1-2-12-8(10-1)11-7-5-3-9-4-6(5)7/h1-2,5-7,9H,3-4H2,(H,10,11). The molecule has 1 saturated heterocycles. The van der Waals surface area contributed by atoms with Crippen LogP contribution in [0.3, 0.4) is 0 Å². The largest absolute Gasteiger partial charge is 0.358 e. The molecule has 1 aromatic rings. The zero-order valence-electron chi connectivity index (χ0n) is 6.66. The third-order valence-corrected chi connectivity index (χ3v) is 3.52. The lowest BCUT2D eigenvalue weighted by atomic mass is 10.4. The molecule has 1 saturated carbocycles. The summed E-state index contributed by atoms with van der Waals surface area (Å²) >= 11 is 1.69. The Morgan fingerprint density at radius 2 is 2.33 bits per heavy atom. The number of nitrogens with one attached hydrogen (secondary N) is 2. The smallest absolute Gasteiger partial charge is 0.182 e. The number of rotatable bonds is 2. The number of hydrogen-bond donors (Lipinski definition) is 2. The minimum atomic E-state index is 0.706. The van der Waals surface area contributed by atoms with E-state index in [4.69, 9.17) is 0 Å². The van der Waals surface area contributed by atoms with Gasteiger partial charge in [0.2, 0.25) is 0 Å². The van der Waals surface area contributed by atoms with Gasteiger partial charge in [0.05, 0.1) is 0 Å². The summed E-state index contributed by atoms with van der Waals surface area (Å²) in [5.41, 5.74) is 0. The zero-order valence-corrected chi connectivity index (χ0v) is 7.47. The Morgan fingerprint density at radius 1 is 1.50 bits per heavy atom. The maximum absolute atomic E-state index is 4.21. The fraction of sp³-hybridized carbons (Fsp3) is 0.625. The molecule has 1 aromatic heterocycles. The average molecular weight is 181 g/mol. The lowest BCUT2D eigenvalue weighted by Crippen LogP contribution is -2.21. The molecule has 2 aliphatic rings. The molecule has 0 aromatic carbocycles. The summed E-state index contributed by atoms with van der Waals surface area (Å²) in [5, 5.41) is 9.93. The first-order valence-corrected chi connectivity index (χ1v) is 5.20. The lowest BCUT2D eigenvalue weighted by molar-refractivity contribution is 0.696. The van der Waals surface area contributed by atoms with E-state index in [0.29, 0.717) is 6.04 Å². The van der Waals surface area contributed by atoms with Crippen molar-refractivity contribution in [2.24, 2.45) is 11.8 Å². The Bertz CT molecular complexity index is 262. The van der Waals surface area contributed by atoms with Crippen molar-refractivity contribution < 1.29 is 0 Å². The Balaban J connectivity index is 1.65. The molecule has 2 fully saturated rings. The van der Waals surface area contributed by atoms with Gasteiger partial charge in [-0.2, -0.15) is 0 Å². The van der Waals surface area contributed by atoms with E-state index < -0.39 is 0 Å². The van der Waals surface area contributed by atoms with Gasteiger partial charge in [-0.05, 0) is 11.8 Å². The summed E-state index contributed by atoms with van der Waals surface area (Å²) in [6, 6.07) is 0.706. The van der Waals surface area contributed by atoms with Gasteiger partial charge in [-0.3, -0.25) is 0 Å². The van der Waals surface area contributed by atoms with Crippen molar-refractivity contribution in [2.45, 2.75) is 6.04 Å². The first-order valence-electron chi connectivity index (χ1n) is 4.32. The summed E-state index contributed by atoms with van der Waals surface area (Å²) < 4.78 is 0. The highest BCUT2D eigenvalue weighted by atomic mass is 32.1. The monoisotopic (exact) mass is 181 g/mol.